The van der Waals surface area contributed by atoms with Gasteiger partial charge in [-0.05, 0) is 18.6 Å². The molecule has 0 unspecified atom stereocenters. The number of hydrogen-bond acceptors (Lipinski definition) is 3. The van der Waals surface area contributed by atoms with Crippen molar-refractivity contribution in [2.24, 2.45) is 0 Å². The summed E-state index contributed by atoms with van der Waals surface area (Å²) in [6, 6.07) is 3.68. The van der Waals surface area contributed by atoms with Crippen LogP contribution in [0.4, 0.5) is 0 Å². The lowest BCUT2D eigenvalue weighted by molar-refractivity contribution is -0.124. The van der Waals surface area contributed by atoms with Gasteiger partial charge in [0.1, 0.15) is 6.04 Å². The molecular weight excluding hydrogens is 268 g/mol. The van der Waals surface area contributed by atoms with E-state index in [4.69, 9.17) is 4.74 Å². The fourth-order valence-corrected chi connectivity index (χ4v) is 2.27. The third-order valence-corrected chi connectivity index (χ3v) is 3.46. The van der Waals surface area contributed by atoms with Crippen LogP contribution in [0.3, 0.4) is 0 Å². The average Bonchev–Trinajstić information content (AvgIpc) is 3.15. The number of carbonyl (C=O) groups excluding carboxylic acids is 1. The predicted octanol–water partition coefficient (Wildman–Crippen LogP) is 1.60. The lowest BCUT2D eigenvalue weighted by Gasteiger charge is -2.17. The van der Waals surface area contributed by atoms with E-state index in [-0.39, 0.29) is 11.9 Å². The van der Waals surface area contributed by atoms with Crippen molar-refractivity contribution in [3.63, 3.8) is 0 Å². The molecule has 0 bridgehead atoms. The molecule has 0 aromatic carbocycles. The molecule has 1 N–H and O–H groups in total. The number of nitrogens with zero attached hydrogens (tertiary/aromatic N) is 3. The summed E-state index contributed by atoms with van der Waals surface area (Å²) in [6.45, 7) is 3.84. The summed E-state index contributed by atoms with van der Waals surface area (Å²) >= 11 is 0. The fraction of sp³-hybridized carbons (Fsp3) is 0.467. The summed E-state index contributed by atoms with van der Waals surface area (Å²) in [7, 11) is 1.67. The molecule has 0 aliphatic carbocycles. The van der Waals surface area contributed by atoms with Crippen molar-refractivity contribution in [2.75, 3.05) is 13.7 Å². The average molecular weight is 290 g/mol. The van der Waals surface area contributed by atoms with Crippen LogP contribution in [0.5, 0.6) is 0 Å². The Morgan fingerprint density at radius 1 is 1.43 bits per heavy atom. The van der Waals surface area contributed by atoms with E-state index in [9.17, 15) is 4.79 Å². The van der Waals surface area contributed by atoms with Crippen LogP contribution in [-0.4, -0.2) is 33.7 Å². The van der Waals surface area contributed by atoms with E-state index in [1.807, 2.05) is 40.6 Å². The maximum atomic E-state index is 12.3. The molecular formula is C15H22N4O2. The Morgan fingerprint density at radius 3 is 2.86 bits per heavy atom. The van der Waals surface area contributed by atoms with E-state index in [0.717, 1.165) is 18.7 Å². The van der Waals surface area contributed by atoms with Gasteiger partial charge in [-0.2, -0.15) is 0 Å². The van der Waals surface area contributed by atoms with Crippen LogP contribution in [0.2, 0.25) is 0 Å². The molecule has 2 rings (SSSR count). The van der Waals surface area contributed by atoms with Crippen LogP contribution in [0.25, 0.3) is 0 Å². The molecule has 21 heavy (non-hydrogen) atoms. The topological polar surface area (TPSA) is 61.1 Å². The highest BCUT2D eigenvalue weighted by Gasteiger charge is 2.17. The first kappa shape index (κ1) is 15.3. The first-order valence-corrected chi connectivity index (χ1v) is 7.14. The van der Waals surface area contributed by atoms with Crippen molar-refractivity contribution < 1.29 is 9.53 Å². The van der Waals surface area contributed by atoms with Crippen molar-refractivity contribution >= 4 is 5.91 Å². The second kappa shape index (κ2) is 7.64. The first-order valence-electron chi connectivity index (χ1n) is 7.14. The van der Waals surface area contributed by atoms with Crippen molar-refractivity contribution in [1.29, 1.82) is 0 Å². The van der Waals surface area contributed by atoms with Crippen LogP contribution < -0.4 is 5.32 Å². The zero-order chi connectivity index (χ0) is 15.1. The van der Waals surface area contributed by atoms with E-state index in [1.165, 1.54) is 0 Å². The number of ether oxygens (including phenoxy) is 1. The maximum Gasteiger partial charge on any atom is 0.243 e. The molecule has 6 heteroatoms. The highest BCUT2D eigenvalue weighted by molar-refractivity contribution is 5.80. The van der Waals surface area contributed by atoms with Crippen LogP contribution >= 0.6 is 0 Å². The molecule has 0 radical (unpaired) electrons. The molecule has 1 atom stereocenters. The standard InChI is InChI=1S/C15H22N4O2/c1-3-14(18-6-4-5-7-18)15(20)17-11-13-10-16-12-19(13)8-9-21-2/h4-7,10,12,14H,3,8-9,11H2,1-2H3,(H,17,20)/t14-/m0/s1. The molecule has 0 aliphatic heterocycles. The molecule has 0 saturated heterocycles. The van der Waals surface area contributed by atoms with Gasteiger partial charge in [0.15, 0.2) is 0 Å². The summed E-state index contributed by atoms with van der Waals surface area (Å²) in [5, 5.41) is 2.98. The Bertz CT molecular complexity index is 548. The lowest BCUT2D eigenvalue weighted by atomic mass is 10.2. The summed E-state index contributed by atoms with van der Waals surface area (Å²) in [5.74, 6) is 0.0215. The van der Waals surface area contributed by atoms with Gasteiger partial charge in [-0.15, -0.1) is 0 Å². The van der Waals surface area contributed by atoms with Gasteiger partial charge in [0.25, 0.3) is 0 Å². The van der Waals surface area contributed by atoms with E-state index in [1.54, 1.807) is 19.6 Å². The molecule has 2 heterocycles. The number of amides is 1. The number of rotatable bonds is 8. The lowest BCUT2D eigenvalue weighted by Crippen LogP contribution is -2.32. The minimum absolute atomic E-state index is 0.0215. The highest BCUT2D eigenvalue weighted by atomic mass is 16.5. The number of nitrogens with one attached hydrogen (secondary N) is 1. The summed E-state index contributed by atoms with van der Waals surface area (Å²) in [6.07, 6.45) is 8.10. The van der Waals surface area contributed by atoms with Gasteiger partial charge in [0.2, 0.25) is 5.91 Å². The van der Waals surface area contributed by atoms with Gasteiger partial charge in [-0.25, -0.2) is 4.98 Å². The fourth-order valence-electron chi connectivity index (χ4n) is 2.27. The second-order valence-electron chi connectivity index (χ2n) is 4.84. The van der Waals surface area contributed by atoms with Gasteiger partial charge in [0, 0.05) is 32.2 Å². The number of carbonyl (C=O) groups is 1. The maximum absolute atomic E-state index is 12.3. The summed E-state index contributed by atoms with van der Waals surface area (Å²) < 4.78 is 8.98. The SMILES string of the molecule is CC[C@@H](C(=O)NCc1cncn1CCOC)n1cccc1. The molecule has 0 saturated carbocycles. The molecule has 0 aliphatic rings. The van der Waals surface area contributed by atoms with Gasteiger partial charge in [-0.3, -0.25) is 4.79 Å². The Hall–Kier alpha value is -2.08. The van der Waals surface area contributed by atoms with Crippen molar-refractivity contribution in [3.05, 3.63) is 42.7 Å². The summed E-state index contributed by atoms with van der Waals surface area (Å²) in [4.78, 5) is 16.4. The molecule has 0 spiro atoms. The smallest absolute Gasteiger partial charge is 0.243 e. The van der Waals surface area contributed by atoms with E-state index >= 15 is 0 Å². The predicted molar refractivity (Wildman–Crippen MR) is 79.7 cm³/mol. The van der Waals surface area contributed by atoms with Crippen LogP contribution in [0, 0.1) is 0 Å². The highest BCUT2D eigenvalue weighted by Crippen LogP contribution is 2.12. The molecule has 2 aromatic rings. The summed E-state index contributed by atoms with van der Waals surface area (Å²) in [5.41, 5.74) is 0.975. The number of imidazole rings is 1. The van der Waals surface area contributed by atoms with E-state index < -0.39 is 0 Å². The van der Waals surface area contributed by atoms with Crippen molar-refractivity contribution in [3.8, 4) is 0 Å². The minimum Gasteiger partial charge on any atom is -0.383 e. The van der Waals surface area contributed by atoms with Gasteiger partial charge < -0.3 is 19.2 Å². The Balaban J connectivity index is 1.93. The number of methoxy groups -OCH3 is 1. The molecule has 114 valence electrons. The number of hydrogen-bond donors (Lipinski definition) is 1. The third kappa shape index (κ3) is 3.95. The van der Waals surface area contributed by atoms with E-state index in [0.29, 0.717) is 13.2 Å². The van der Waals surface area contributed by atoms with Crippen LogP contribution in [0.1, 0.15) is 25.1 Å². The van der Waals surface area contributed by atoms with Crippen LogP contribution in [0.15, 0.2) is 37.1 Å². The Morgan fingerprint density at radius 2 is 2.19 bits per heavy atom. The quantitative estimate of drug-likeness (QED) is 0.803. The Kier molecular flexibility index (Phi) is 5.57. The van der Waals surface area contributed by atoms with Crippen molar-refractivity contribution in [1.82, 2.24) is 19.4 Å². The molecule has 2 aromatic heterocycles. The van der Waals surface area contributed by atoms with E-state index in [2.05, 4.69) is 10.3 Å². The van der Waals surface area contributed by atoms with Gasteiger partial charge in [0.05, 0.1) is 25.2 Å². The Labute approximate surface area is 124 Å². The largest absolute Gasteiger partial charge is 0.383 e. The van der Waals surface area contributed by atoms with Crippen molar-refractivity contribution in [2.45, 2.75) is 32.5 Å². The molecule has 1 amide bonds. The monoisotopic (exact) mass is 290 g/mol. The first-order chi connectivity index (χ1) is 10.3. The third-order valence-electron chi connectivity index (χ3n) is 3.46. The van der Waals surface area contributed by atoms with Crippen LogP contribution in [-0.2, 0) is 22.6 Å². The molecule has 6 nitrogen and oxygen atoms in total. The number of aromatic nitrogens is 3. The van der Waals surface area contributed by atoms with Gasteiger partial charge >= 0.3 is 0 Å². The molecule has 0 fully saturated rings. The normalized spacial score (nSPS) is 12.3. The van der Waals surface area contributed by atoms with Gasteiger partial charge in [-0.1, -0.05) is 6.92 Å². The zero-order valence-corrected chi connectivity index (χ0v) is 12.5. The minimum atomic E-state index is -0.171. The second-order valence-corrected chi connectivity index (χ2v) is 4.84. The zero-order valence-electron chi connectivity index (χ0n) is 12.5.